The molecule has 16 heavy (non-hydrogen) atoms. The predicted molar refractivity (Wildman–Crippen MR) is 67.9 cm³/mol. The maximum absolute atomic E-state index is 5.06. The van der Waals surface area contributed by atoms with E-state index in [2.05, 4.69) is 35.4 Å². The molecule has 1 aromatic heterocycles. The Labute approximate surface area is 95.8 Å². The van der Waals surface area contributed by atoms with E-state index in [9.17, 15) is 0 Å². The molecule has 0 amide bonds. The van der Waals surface area contributed by atoms with Crippen molar-refractivity contribution in [3.8, 4) is 0 Å². The van der Waals surface area contributed by atoms with Crippen LogP contribution in [0.3, 0.4) is 0 Å². The highest BCUT2D eigenvalue weighted by molar-refractivity contribution is 5.83. The third kappa shape index (κ3) is 2.55. The van der Waals surface area contributed by atoms with Gasteiger partial charge in [-0.1, -0.05) is 18.2 Å². The molecule has 0 saturated carbocycles. The van der Waals surface area contributed by atoms with E-state index in [0.717, 1.165) is 18.8 Å². The van der Waals surface area contributed by atoms with Crippen LogP contribution in [-0.4, -0.2) is 24.7 Å². The molecule has 0 bridgehead atoms. The van der Waals surface area contributed by atoms with Crippen molar-refractivity contribution in [2.75, 3.05) is 19.0 Å². The molecular formula is C13H18N2O. The van der Waals surface area contributed by atoms with Gasteiger partial charge in [0.05, 0.1) is 0 Å². The topological polar surface area (TPSA) is 37.0 Å². The average molecular weight is 218 g/mol. The molecule has 1 atom stereocenters. The lowest BCUT2D eigenvalue weighted by Crippen LogP contribution is -2.17. The van der Waals surface area contributed by atoms with Crippen molar-refractivity contribution < 1.29 is 4.74 Å². The molecule has 1 heterocycles. The molecule has 3 heteroatoms. The van der Waals surface area contributed by atoms with E-state index in [0.29, 0.717) is 6.04 Å². The van der Waals surface area contributed by atoms with Gasteiger partial charge in [0.1, 0.15) is 5.82 Å². The monoisotopic (exact) mass is 218 g/mol. The summed E-state index contributed by atoms with van der Waals surface area (Å²) in [5.74, 6) is 1.07. The first-order valence-corrected chi connectivity index (χ1v) is 5.63. The SMILES string of the molecule is COCCC(C)Nc1cc2ccccc2[nH]1. The van der Waals surface area contributed by atoms with E-state index >= 15 is 0 Å². The van der Waals surface area contributed by atoms with Crippen LogP contribution in [0.5, 0.6) is 0 Å². The van der Waals surface area contributed by atoms with Crippen molar-refractivity contribution in [3.63, 3.8) is 0 Å². The molecule has 86 valence electrons. The van der Waals surface area contributed by atoms with Gasteiger partial charge >= 0.3 is 0 Å². The molecule has 1 aromatic carbocycles. The minimum atomic E-state index is 0.410. The Morgan fingerprint density at radius 1 is 1.38 bits per heavy atom. The number of anilines is 1. The molecule has 3 nitrogen and oxygen atoms in total. The molecule has 2 rings (SSSR count). The standard InChI is InChI=1S/C13H18N2O/c1-10(7-8-16-2)14-13-9-11-5-3-4-6-12(11)15-13/h3-6,9-10,14-15H,7-8H2,1-2H3. The van der Waals surface area contributed by atoms with Crippen molar-refractivity contribution in [1.29, 1.82) is 0 Å². The number of hydrogen-bond acceptors (Lipinski definition) is 2. The van der Waals surface area contributed by atoms with Gasteiger partial charge in [-0.3, -0.25) is 0 Å². The van der Waals surface area contributed by atoms with Gasteiger partial charge in [0.2, 0.25) is 0 Å². The lowest BCUT2D eigenvalue weighted by atomic mass is 10.2. The first-order valence-electron chi connectivity index (χ1n) is 5.63. The summed E-state index contributed by atoms with van der Waals surface area (Å²) in [7, 11) is 1.73. The van der Waals surface area contributed by atoms with E-state index in [4.69, 9.17) is 4.74 Å². The average Bonchev–Trinajstić information content (AvgIpc) is 2.68. The summed E-state index contributed by atoms with van der Waals surface area (Å²) in [6, 6.07) is 10.8. The summed E-state index contributed by atoms with van der Waals surface area (Å²) >= 11 is 0. The Kier molecular flexibility index (Phi) is 3.47. The third-order valence-electron chi connectivity index (χ3n) is 2.69. The van der Waals surface area contributed by atoms with Crippen LogP contribution in [0.4, 0.5) is 5.82 Å². The number of aromatic nitrogens is 1. The van der Waals surface area contributed by atoms with Crippen molar-refractivity contribution in [3.05, 3.63) is 30.3 Å². The van der Waals surface area contributed by atoms with E-state index < -0.39 is 0 Å². The fourth-order valence-electron chi connectivity index (χ4n) is 1.78. The fourth-order valence-corrected chi connectivity index (χ4v) is 1.78. The highest BCUT2D eigenvalue weighted by Gasteiger charge is 2.04. The van der Waals surface area contributed by atoms with E-state index in [1.807, 2.05) is 12.1 Å². The summed E-state index contributed by atoms with van der Waals surface area (Å²) in [4.78, 5) is 3.35. The van der Waals surface area contributed by atoms with Gasteiger partial charge < -0.3 is 15.0 Å². The zero-order valence-corrected chi connectivity index (χ0v) is 9.79. The van der Waals surface area contributed by atoms with Crippen molar-refractivity contribution in [1.82, 2.24) is 4.98 Å². The number of nitrogens with one attached hydrogen (secondary N) is 2. The Bertz CT molecular complexity index is 417. The number of para-hydroxylation sites is 1. The van der Waals surface area contributed by atoms with Gasteiger partial charge in [0.25, 0.3) is 0 Å². The second-order valence-electron chi connectivity index (χ2n) is 4.10. The van der Waals surface area contributed by atoms with E-state index in [1.54, 1.807) is 7.11 Å². The molecule has 0 aliphatic rings. The number of hydrogen-bond donors (Lipinski definition) is 2. The van der Waals surface area contributed by atoms with E-state index in [1.165, 1.54) is 10.9 Å². The van der Waals surface area contributed by atoms with Crippen LogP contribution in [-0.2, 0) is 4.74 Å². The summed E-state index contributed by atoms with van der Waals surface area (Å²) < 4.78 is 5.06. The van der Waals surface area contributed by atoms with Crippen LogP contribution in [0.15, 0.2) is 30.3 Å². The van der Waals surface area contributed by atoms with Crippen molar-refractivity contribution in [2.24, 2.45) is 0 Å². The first kappa shape index (κ1) is 11.0. The van der Waals surface area contributed by atoms with Crippen LogP contribution in [0.25, 0.3) is 10.9 Å². The second-order valence-corrected chi connectivity index (χ2v) is 4.10. The number of H-pyrrole nitrogens is 1. The Hall–Kier alpha value is -1.48. The smallest absolute Gasteiger partial charge is 0.104 e. The fraction of sp³-hybridized carbons (Fsp3) is 0.385. The molecule has 0 aliphatic carbocycles. The molecule has 0 fully saturated rings. The molecule has 2 N–H and O–H groups in total. The highest BCUT2D eigenvalue weighted by atomic mass is 16.5. The maximum Gasteiger partial charge on any atom is 0.104 e. The minimum Gasteiger partial charge on any atom is -0.385 e. The quantitative estimate of drug-likeness (QED) is 0.809. The molecule has 0 radical (unpaired) electrons. The Balaban J connectivity index is 2.03. The maximum atomic E-state index is 5.06. The van der Waals surface area contributed by atoms with Gasteiger partial charge in [-0.25, -0.2) is 0 Å². The molecular weight excluding hydrogens is 200 g/mol. The minimum absolute atomic E-state index is 0.410. The van der Waals surface area contributed by atoms with Gasteiger partial charge in [-0.15, -0.1) is 0 Å². The first-order chi connectivity index (χ1) is 7.79. The Morgan fingerprint density at radius 2 is 2.19 bits per heavy atom. The van der Waals surface area contributed by atoms with Crippen LogP contribution < -0.4 is 5.32 Å². The zero-order chi connectivity index (χ0) is 11.4. The van der Waals surface area contributed by atoms with Crippen LogP contribution in [0.1, 0.15) is 13.3 Å². The zero-order valence-electron chi connectivity index (χ0n) is 9.79. The summed E-state index contributed by atoms with van der Waals surface area (Å²) in [5, 5.41) is 4.67. The molecule has 0 saturated heterocycles. The van der Waals surface area contributed by atoms with Gasteiger partial charge in [0, 0.05) is 30.7 Å². The van der Waals surface area contributed by atoms with Gasteiger partial charge in [-0.05, 0) is 25.5 Å². The van der Waals surface area contributed by atoms with Crippen LogP contribution in [0, 0.1) is 0 Å². The summed E-state index contributed by atoms with van der Waals surface area (Å²) in [6.07, 6.45) is 1.01. The highest BCUT2D eigenvalue weighted by Crippen LogP contribution is 2.18. The predicted octanol–water partition coefficient (Wildman–Crippen LogP) is 3.00. The van der Waals surface area contributed by atoms with Crippen molar-refractivity contribution >= 4 is 16.7 Å². The number of benzene rings is 1. The molecule has 0 aliphatic heterocycles. The number of fused-ring (bicyclic) bond motifs is 1. The summed E-state index contributed by atoms with van der Waals surface area (Å²) in [6.45, 7) is 2.94. The summed E-state index contributed by atoms with van der Waals surface area (Å²) in [5.41, 5.74) is 1.17. The van der Waals surface area contributed by atoms with Crippen LogP contribution in [0.2, 0.25) is 0 Å². The number of methoxy groups -OCH3 is 1. The number of rotatable bonds is 5. The lowest BCUT2D eigenvalue weighted by Gasteiger charge is -2.12. The molecule has 1 unspecified atom stereocenters. The molecule has 2 aromatic rings. The number of aromatic amines is 1. The number of ether oxygens (including phenoxy) is 1. The largest absolute Gasteiger partial charge is 0.385 e. The van der Waals surface area contributed by atoms with Gasteiger partial charge in [0.15, 0.2) is 0 Å². The molecule has 0 spiro atoms. The van der Waals surface area contributed by atoms with Gasteiger partial charge in [-0.2, -0.15) is 0 Å². The Morgan fingerprint density at radius 3 is 2.94 bits per heavy atom. The van der Waals surface area contributed by atoms with E-state index in [-0.39, 0.29) is 0 Å². The third-order valence-corrected chi connectivity index (χ3v) is 2.69. The normalized spacial score (nSPS) is 12.9. The lowest BCUT2D eigenvalue weighted by molar-refractivity contribution is 0.191. The second kappa shape index (κ2) is 5.03. The van der Waals surface area contributed by atoms with Crippen LogP contribution >= 0.6 is 0 Å². The van der Waals surface area contributed by atoms with Crippen molar-refractivity contribution in [2.45, 2.75) is 19.4 Å².